The largest absolute Gasteiger partial charge is 0.338 e. The van der Waals surface area contributed by atoms with Crippen molar-refractivity contribution in [3.63, 3.8) is 0 Å². The predicted octanol–water partition coefficient (Wildman–Crippen LogP) is 2.75. The van der Waals surface area contributed by atoms with Crippen molar-refractivity contribution in [2.45, 2.75) is 64.6 Å². The van der Waals surface area contributed by atoms with Crippen molar-refractivity contribution in [2.24, 2.45) is 5.92 Å². The highest BCUT2D eigenvalue weighted by Gasteiger charge is 2.38. The van der Waals surface area contributed by atoms with Crippen LogP contribution in [-0.4, -0.2) is 45.2 Å². The minimum Gasteiger partial charge on any atom is -0.338 e. The first-order valence-electron chi connectivity index (χ1n) is 9.08. The maximum atomic E-state index is 13.2. The highest BCUT2D eigenvalue weighted by molar-refractivity contribution is 5.94. The Balaban J connectivity index is 1.61. The fourth-order valence-corrected chi connectivity index (χ4v) is 3.37. The van der Waals surface area contributed by atoms with E-state index in [-0.39, 0.29) is 23.6 Å². The Morgan fingerprint density at radius 3 is 2.65 bits per heavy atom. The second kappa shape index (κ2) is 7.59. The number of anilines is 1. The molecule has 1 atom stereocenters. The standard InChI is InChI=1S/C17H25F2N5O2/c1-10(2)8-23-9-13(14(22-23)15(18)19)21-17(26)20-12-6-7-24(16(12)25)11-4-3-5-11/h9-12,15H,3-8H2,1-2H3,(H2,20,21,26). The smallest absolute Gasteiger partial charge is 0.319 e. The van der Waals surface area contributed by atoms with Crippen LogP contribution in [0.15, 0.2) is 6.20 Å². The van der Waals surface area contributed by atoms with Gasteiger partial charge in [0.15, 0.2) is 5.69 Å². The number of aromatic nitrogens is 2. The molecule has 3 rings (SSSR count). The molecule has 1 unspecified atom stereocenters. The molecule has 1 saturated carbocycles. The molecular formula is C17H25F2N5O2. The van der Waals surface area contributed by atoms with E-state index in [1.54, 1.807) is 0 Å². The maximum absolute atomic E-state index is 13.2. The Hall–Kier alpha value is -2.19. The molecule has 7 nitrogen and oxygen atoms in total. The van der Waals surface area contributed by atoms with Gasteiger partial charge in [0.2, 0.25) is 5.91 Å². The number of likely N-dealkylation sites (tertiary alicyclic amines) is 1. The predicted molar refractivity (Wildman–Crippen MR) is 91.9 cm³/mol. The van der Waals surface area contributed by atoms with Crippen LogP contribution in [0.4, 0.5) is 19.3 Å². The molecule has 1 aliphatic heterocycles. The number of amides is 3. The van der Waals surface area contributed by atoms with Gasteiger partial charge in [-0.15, -0.1) is 0 Å². The summed E-state index contributed by atoms with van der Waals surface area (Å²) in [5.74, 6) is 0.144. The number of nitrogens with zero attached hydrogens (tertiary/aromatic N) is 3. The van der Waals surface area contributed by atoms with E-state index >= 15 is 0 Å². The van der Waals surface area contributed by atoms with Gasteiger partial charge in [0.25, 0.3) is 6.43 Å². The normalized spacial score (nSPS) is 20.8. The van der Waals surface area contributed by atoms with Crippen LogP contribution in [0.3, 0.4) is 0 Å². The zero-order valence-corrected chi connectivity index (χ0v) is 15.0. The summed E-state index contributed by atoms with van der Waals surface area (Å²) in [6.07, 6.45) is 2.30. The summed E-state index contributed by atoms with van der Waals surface area (Å²) in [5.41, 5.74) is -0.492. The number of rotatable bonds is 6. The highest BCUT2D eigenvalue weighted by atomic mass is 19.3. The Labute approximate surface area is 151 Å². The lowest BCUT2D eigenvalue weighted by molar-refractivity contribution is -0.132. The molecule has 0 spiro atoms. The van der Waals surface area contributed by atoms with Gasteiger partial charge in [0.1, 0.15) is 6.04 Å². The minimum absolute atomic E-state index is 0.0283. The van der Waals surface area contributed by atoms with Gasteiger partial charge in [0, 0.05) is 25.3 Å². The van der Waals surface area contributed by atoms with E-state index in [0.29, 0.717) is 19.5 Å². The fraction of sp³-hybridized carbons (Fsp3) is 0.706. The van der Waals surface area contributed by atoms with Gasteiger partial charge >= 0.3 is 6.03 Å². The van der Waals surface area contributed by atoms with E-state index in [1.165, 1.54) is 10.9 Å². The van der Waals surface area contributed by atoms with Crippen molar-refractivity contribution in [1.29, 1.82) is 0 Å². The summed E-state index contributed by atoms with van der Waals surface area (Å²) in [4.78, 5) is 26.4. The molecule has 0 bridgehead atoms. The van der Waals surface area contributed by atoms with Crippen molar-refractivity contribution < 1.29 is 18.4 Å². The van der Waals surface area contributed by atoms with Crippen LogP contribution in [0, 0.1) is 5.92 Å². The van der Waals surface area contributed by atoms with Gasteiger partial charge < -0.3 is 15.5 Å². The molecule has 1 aliphatic carbocycles. The molecule has 2 fully saturated rings. The monoisotopic (exact) mass is 369 g/mol. The van der Waals surface area contributed by atoms with Gasteiger partial charge in [-0.1, -0.05) is 13.8 Å². The van der Waals surface area contributed by atoms with Gasteiger partial charge in [-0.25, -0.2) is 13.6 Å². The Bertz CT molecular complexity index is 672. The van der Waals surface area contributed by atoms with Crippen LogP contribution in [-0.2, 0) is 11.3 Å². The van der Waals surface area contributed by atoms with Crippen LogP contribution < -0.4 is 10.6 Å². The van der Waals surface area contributed by atoms with E-state index in [9.17, 15) is 18.4 Å². The second-order valence-electron chi connectivity index (χ2n) is 7.40. The Kier molecular flexibility index (Phi) is 5.43. The first-order valence-corrected chi connectivity index (χ1v) is 9.08. The number of halogens is 2. The van der Waals surface area contributed by atoms with Gasteiger partial charge in [0.05, 0.1) is 5.69 Å². The lowest BCUT2D eigenvalue weighted by Crippen LogP contribution is -2.47. The number of urea groups is 1. The van der Waals surface area contributed by atoms with E-state index in [1.807, 2.05) is 18.7 Å². The van der Waals surface area contributed by atoms with E-state index in [0.717, 1.165) is 19.3 Å². The molecule has 3 amide bonds. The summed E-state index contributed by atoms with van der Waals surface area (Å²) in [6, 6.07) is -0.974. The molecule has 1 aromatic heterocycles. The van der Waals surface area contributed by atoms with Crippen LogP contribution in [0.2, 0.25) is 0 Å². The van der Waals surface area contributed by atoms with Gasteiger partial charge in [-0.05, 0) is 31.6 Å². The molecular weight excluding hydrogens is 344 g/mol. The number of hydrogen-bond donors (Lipinski definition) is 2. The summed E-state index contributed by atoms with van der Waals surface area (Å²) < 4.78 is 27.7. The Morgan fingerprint density at radius 2 is 2.08 bits per heavy atom. The van der Waals surface area contributed by atoms with Crippen LogP contribution >= 0.6 is 0 Å². The average Bonchev–Trinajstić information content (AvgIpc) is 3.03. The molecule has 26 heavy (non-hydrogen) atoms. The topological polar surface area (TPSA) is 79.3 Å². The maximum Gasteiger partial charge on any atom is 0.319 e. The van der Waals surface area contributed by atoms with Crippen molar-refractivity contribution in [1.82, 2.24) is 20.0 Å². The molecule has 2 aliphatic rings. The molecule has 9 heteroatoms. The minimum atomic E-state index is -2.79. The van der Waals surface area contributed by atoms with E-state index in [2.05, 4.69) is 15.7 Å². The summed E-state index contributed by atoms with van der Waals surface area (Å²) >= 11 is 0. The van der Waals surface area contributed by atoms with Gasteiger partial charge in [-0.3, -0.25) is 9.48 Å². The van der Waals surface area contributed by atoms with Crippen molar-refractivity contribution in [3.05, 3.63) is 11.9 Å². The third-order valence-corrected chi connectivity index (χ3v) is 4.86. The number of alkyl halides is 2. The molecule has 2 N–H and O–H groups in total. The molecule has 1 saturated heterocycles. The van der Waals surface area contributed by atoms with Crippen molar-refractivity contribution in [2.75, 3.05) is 11.9 Å². The third kappa shape index (κ3) is 3.96. The fourth-order valence-electron chi connectivity index (χ4n) is 3.37. The number of nitrogens with one attached hydrogen (secondary N) is 2. The van der Waals surface area contributed by atoms with Crippen molar-refractivity contribution in [3.8, 4) is 0 Å². The van der Waals surface area contributed by atoms with Crippen molar-refractivity contribution >= 4 is 17.6 Å². The Morgan fingerprint density at radius 1 is 1.35 bits per heavy atom. The van der Waals surface area contributed by atoms with E-state index < -0.39 is 24.2 Å². The number of hydrogen-bond acceptors (Lipinski definition) is 3. The second-order valence-corrected chi connectivity index (χ2v) is 7.40. The summed E-state index contributed by atoms with van der Waals surface area (Å²) in [5, 5.41) is 8.88. The van der Waals surface area contributed by atoms with Crippen LogP contribution in [0.25, 0.3) is 0 Å². The summed E-state index contributed by atoms with van der Waals surface area (Å²) in [6.45, 7) is 5.00. The van der Waals surface area contributed by atoms with E-state index in [4.69, 9.17) is 0 Å². The number of carbonyl (C=O) groups is 2. The zero-order chi connectivity index (χ0) is 18.8. The third-order valence-electron chi connectivity index (χ3n) is 4.86. The SMILES string of the molecule is CC(C)Cn1cc(NC(=O)NC2CCN(C3CCC3)C2=O)c(C(F)F)n1. The first kappa shape index (κ1) is 18.6. The quantitative estimate of drug-likeness (QED) is 0.809. The van der Waals surface area contributed by atoms with Crippen LogP contribution in [0.1, 0.15) is 51.7 Å². The highest BCUT2D eigenvalue weighted by Crippen LogP contribution is 2.29. The van der Waals surface area contributed by atoms with Crippen LogP contribution in [0.5, 0.6) is 0 Å². The van der Waals surface area contributed by atoms with Gasteiger partial charge in [-0.2, -0.15) is 5.10 Å². The summed E-state index contributed by atoms with van der Waals surface area (Å²) in [7, 11) is 0. The molecule has 2 heterocycles. The number of carbonyl (C=O) groups excluding carboxylic acids is 2. The first-order chi connectivity index (χ1) is 12.3. The molecule has 0 aromatic carbocycles. The lowest BCUT2D eigenvalue weighted by atomic mass is 9.92. The molecule has 144 valence electrons. The average molecular weight is 369 g/mol. The lowest BCUT2D eigenvalue weighted by Gasteiger charge is -2.34. The molecule has 1 aromatic rings. The zero-order valence-electron chi connectivity index (χ0n) is 15.0. The molecule has 0 radical (unpaired) electrons.